The minimum absolute atomic E-state index is 0.191. The number of ether oxygens (including phenoxy) is 1. The monoisotopic (exact) mass is 298 g/mol. The van der Waals surface area contributed by atoms with Gasteiger partial charge in [-0.25, -0.2) is 4.79 Å². The van der Waals surface area contributed by atoms with Crippen molar-refractivity contribution in [2.24, 2.45) is 0 Å². The molecule has 0 aromatic rings. The van der Waals surface area contributed by atoms with Gasteiger partial charge < -0.3 is 15.0 Å². The van der Waals surface area contributed by atoms with Crippen molar-refractivity contribution in [1.29, 1.82) is 0 Å². The van der Waals surface area contributed by atoms with E-state index in [0.717, 1.165) is 44.0 Å². The molecule has 0 saturated carbocycles. The summed E-state index contributed by atoms with van der Waals surface area (Å²) >= 11 is 1.75. The zero-order valence-corrected chi connectivity index (χ0v) is 13.6. The molecular weight excluding hydrogens is 272 g/mol. The summed E-state index contributed by atoms with van der Waals surface area (Å²) in [4.78, 5) is 13.9. The maximum absolute atomic E-state index is 12.1. The Morgan fingerprint density at radius 2 is 2.30 bits per heavy atom. The van der Waals surface area contributed by atoms with E-state index in [2.05, 4.69) is 11.2 Å². The number of nitrogens with one attached hydrogen (secondary N) is 1. The standard InChI is InChI=1S/C15H26N2O2S/c1-5-10-20-11-8-16-12-13-7-6-9-17(13)14(18)19-15(2,3)4/h1,13,16H,6-12H2,2-4H3. The third-order valence-electron chi connectivity index (χ3n) is 2.99. The Hall–Kier alpha value is -0.860. The van der Waals surface area contributed by atoms with Gasteiger partial charge in [-0.2, -0.15) is 0 Å². The van der Waals surface area contributed by atoms with Gasteiger partial charge in [-0.3, -0.25) is 0 Å². The van der Waals surface area contributed by atoms with E-state index in [9.17, 15) is 4.79 Å². The molecule has 4 nitrogen and oxygen atoms in total. The lowest BCUT2D eigenvalue weighted by Gasteiger charge is -2.28. The van der Waals surface area contributed by atoms with Crippen LogP contribution in [0.4, 0.5) is 4.79 Å². The minimum atomic E-state index is -0.427. The number of likely N-dealkylation sites (tertiary alicyclic amines) is 1. The number of hydrogen-bond donors (Lipinski definition) is 1. The number of rotatable bonds is 6. The molecule has 5 heteroatoms. The van der Waals surface area contributed by atoms with Crippen molar-refractivity contribution < 1.29 is 9.53 Å². The highest BCUT2D eigenvalue weighted by atomic mass is 32.2. The van der Waals surface area contributed by atoms with E-state index in [1.54, 1.807) is 11.8 Å². The highest BCUT2D eigenvalue weighted by molar-refractivity contribution is 7.99. The highest BCUT2D eigenvalue weighted by Gasteiger charge is 2.31. The van der Waals surface area contributed by atoms with Crippen LogP contribution in [0.5, 0.6) is 0 Å². The molecule has 1 atom stereocenters. The zero-order chi connectivity index (χ0) is 15.0. The molecule has 1 aliphatic heterocycles. The minimum Gasteiger partial charge on any atom is -0.444 e. The molecule has 0 radical (unpaired) electrons. The molecule has 1 aliphatic rings. The second-order valence-corrected chi connectivity index (χ2v) is 7.04. The van der Waals surface area contributed by atoms with Crippen molar-refractivity contribution >= 4 is 17.9 Å². The lowest BCUT2D eigenvalue weighted by atomic mass is 10.2. The molecule has 1 saturated heterocycles. The van der Waals surface area contributed by atoms with Gasteiger partial charge in [0.05, 0.1) is 5.75 Å². The zero-order valence-electron chi connectivity index (χ0n) is 12.8. The molecule has 1 unspecified atom stereocenters. The molecule has 1 amide bonds. The fraction of sp³-hybridized carbons (Fsp3) is 0.800. The molecular formula is C15H26N2O2S. The third-order valence-corrected chi connectivity index (χ3v) is 3.86. The first-order valence-electron chi connectivity index (χ1n) is 7.15. The van der Waals surface area contributed by atoms with Crippen LogP contribution in [-0.2, 0) is 4.74 Å². The first-order valence-corrected chi connectivity index (χ1v) is 8.31. The second-order valence-electron chi connectivity index (χ2n) is 5.93. The van der Waals surface area contributed by atoms with Crippen LogP contribution in [0.3, 0.4) is 0 Å². The van der Waals surface area contributed by atoms with Crippen LogP contribution in [0, 0.1) is 12.3 Å². The first kappa shape index (κ1) is 17.2. The van der Waals surface area contributed by atoms with Crippen LogP contribution in [0.25, 0.3) is 0 Å². The van der Waals surface area contributed by atoms with Gasteiger partial charge in [0.2, 0.25) is 0 Å². The number of amides is 1. The van der Waals surface area contributed by atoms with Gasteiger partial charge in [-0.15, -0.1) is 18.2 Å². The number of hydrogen-bond acceptors (Lipinski definition) is 4. The number of terminal acetylenes is 1. The Balaban J connectivity index is 2.27. The van der Waals surface area contributed by atoms with Gasteiger partial charge in [0, 0.05) is 31.4 Å². The van der Waals surface area contributed by atoms with Crippen molar-refractivity contribution in [3.05, 3.63) is 0 Å². The summed E-state index contributed by atoms with van der Waals surface area (Å²) in [6.45, 7) is 8.25. The molecule has 114 valence electrons. The molecule has 0 spiro atoms. The van der Waals surface area contributed by atoms with E-state index in [1.807, 2.05) is 25.7 Å². The Bertz CT molecular complexity index is 347. The van der Waals surface area contributed by atoms with Crippen molar-refractivity contribution in [1.82, 2.24) is 10.2 Å². The Labute approximate surface area is 127 Å². The Kier molecular flexibility index (Phi) is 7.25. The summed E-state index contributed by atoms with van der Waals surface area (Å²) in [7, 11) is 0. The molecule has 0 bridgehead atoms. The predicted octanol–water partition coefficient (Wildman–Crippen LogP) is 2.34. The van der Waals surface area contributed by atoms with Crippen LogP contribution in [-0.4, -0.2) is 53.8 Å². The summed E-state index contributed by atoms with van der Waals surface area (Å²) in [6.07, 6.45) is 7.10. The van der Waals surface area contributed by atoms with Gasteiger partial charge in [-0.1, -0.05) is 5.92 Å². The summed E-state index contributed by atoms with van der Waals surface area (Å²) in [5.74, 6) is 4.37. The van der Waals surface area contributed by atoms with E-state index >= 15 is 0 Å². The molecule has 0 aromatic carbocycles. The number of carbonyl (C=O) groups excluding carboxylic acids is 1. The average Bonchev–Trinajstić information content (AvgIpc) is 2.80. The van der Waals surface area contributed by atoms with Crippen LogP contribution in [0.2, 0.25) is 0 Å². The molecule has 1 fully saturated rings. The number of nitrogens with zero attached hydrogens (tertiary/aromatic N) is 1. The average molecular weight is 298 g/mol. The fourth-order valence-electron chi connectivity index (χ4n) is 2.15. The van der Waals surface area contributed by atoms with Gasteiger partial charge in [0.15, 0.2) is 0 Å². The lowest BCUT2D eigenvalue weighted by Crippen LogP contribution is -2.44. The van der Waals surface area contributed by atoms with Crippen LogP contribution in [0.15, 0.2) is 0 Å². The van der Waals surface area contributed by atoms with Crippen molar-refractivity contribution in [3.8, 4) is 12.3 Å². The highest BCUT2D eigenvalue weighted by Crippen LogP contribution is 2.20. The lowest BCUT2D eigenvalue weighted by molar-refractivity contribution is 0.0227. The summed E-state index contributed by atoms with van der Waals surface area (Å²) in [5, 5.41) is 3.40. The molecule has 0 aliphatic carbocycles. The van der Waals surface area contributed by atoms with Gasteiger partial charge in [0.1, 0.15) is 5.60 Å². The van der Waals surface area contributed by atoms with Crippen LogP contribution < -0.4 is 5.32 Å². The summed E-state index contributed by atoms with van der Waals surface area (Å²) in [5.41, 5.74) is -0.427. The maximum atomic E-state index is 12.1. The Morgan fingerprint density at radius 1 is 1.55 bits per heavy atom. The maximum Gasteiger partial charge on any atom is 0.410 e. The van der Waals surface area contributed by atoms with Crippen LogP contribution >= 0.6 is 11.8 Å². The van der Waals surface area contributed by atoms with Gasteiger partial charge >= 0.3 is 6.09 Å². The molecule has 1 N–H and O–H groups in total. The molecule has 0 aromatic heterocycles. The number of carbonyl (C=O) groups is 1. The van der Waals surface area contributed by atoms with Crippen molar-refractivity contribution in [2.75, 3.05) is 31.1 Å². The smallest absolute Gasteiger partial charge is 0.410 e. The second kappa shape index (κ2) is 8.43. The summed E-state index contributed by atoms with van der Waals surface area (Å²) < 4.78 is 5.44. The number of thioether (sulfide) groups is 1. The fourth-order valence-corrected chi connectivity index (χ4v) is 2.70. The predicted molar refractivity (Wildman–Crippen MR) is 85.0 cm³/mol. The largest absolute Gasteiger partial charge is 0.444 e. The summed E-state index contributed by atoms with van der Waals surface area (Å²) in [6, 6.07) is 0.252. The van der Waals surface area contributed by atoms with E-state index in [1.165, 1.54) is 0 Å². The van der Waals surface area contributed by atoms with E-state index < -0.39 is 5.60 Å². The van der Waals surface area contributed by atoms with Gasteiger partial charge in [-0.05, 0) is 33.6 Å². The van der Waals surface area contributed by atoms with E-state index in [-0.39, 0.29) is 12.1 Å². The third kappa shape index (κ3) is 6.53. The van der Waals surface area contributed by atoms with Crippen molar-refractivity contribution in [2.45, 2.75) is 45.3 Å². The normalized spacial score (nSPS) is 18.9. The molecule has 20 heavy (non-hydrogen) atoms. The quantitative estimate of drug-likeness (QED) is 0.604. The van der Waals surface area contributed by atoms with Crippen molar-refractivity contribution in [3.63, 3.8) is 0 Å². The van der Waals surface area contributed by atoms with Crippen LogP contribution in [0.1, 0.15) is 33.6 Å². The SMILES string of the molecule is C#CCSCCNCC1CCCN1C(=O)OC(C)(C)C. The van der Waals surface area contributed by atoms with E-state index in [4.69, 9.17) is 11.2 Å². The Morgan fingerprint density at radius 3 is 2.95 bits per heavy atom. The first-order chi connectivity index (χ1) is 9.44. The topological polar surface area (TPSA) is 41.6 Å². The molecule has 1 rings (SSSR count). The molecule has 1 heterocycles. The van der Waals surface area contributed by atoms with E-state index in [0.29, 0.717) is 0 Å². The van der Waals surface area contributed by atoms with Gasteiger partial charge in [0.25, 0.3) is 0 Å².